The number of rotatable bonds is 11. The number of alkyl halides is 7. The van der Waals surface area contributed by atoms with E-state index >= 15 is 0 Å². The molecule has 2 unspecified atom stereocenters. The molecule has 0 fully saturated rings. The molecule has 0 saturated heterocycles. The van der Waals surface area contributed by atoms with Gasteiger partial charge in [-0.3, -0.25) is 0 Å². The van der Waals surface area contributed by atoms with Crippen molar-refractivity contribution in [3.63, 3.8) is 0 Å². The van der Waals surface area contributed by atoms with Crippen molar-refractivity contribution < 1.29 is 45.3 Å². The summed E-state index contributed by atoms with van der Waals surface area (Å²) in [6, 6.07) is 17.2. The first-order valence-electron chi connectivity index (χ1n) is 11.6. The Morgan fingerprint density at radius 3 is 2.08 bits per heavy atom. The molecule has 206 valence electrons. The fourth-order valence-corrected chi connectivity index (χ4v) is 3.69. The molecule has 2 atom stereocenters. The minimum absolute atomic E-state index is 0.184. The second-order valence-electron chi connectivity index (χ2n) is 8.52. The lowest BCUT2D eigenvalue weighted by molar-refractivity contribution is -0.253. The summed E-state index contributed by atoms with van der Waals surface area (Å²) in [7, 11) is 0. The molecular formula is C27H26F7NO3. The molecule has 3 aromatic rings. The number of anilines is 1. The van der Waals surface area contributed by atoms with Gasteiger partial charge in [0.2, 0.25) is 0 Å². The van der Waals surface area contributed by atoms with Crippen LogP contribution >= 0.6 is 0 Å². The Morgan fingerprint density at radius 1 is 0.842 bits per heavy atom. The van der Waals surface area contributed by atoms with Gasteiger partial charge < -0.3 is 19.5 Å². The number of halogens is 7. The molecule has 0 aromatic heterocycles. The summed E-state index contributed by atoms with van der Waals surface area (Å²) in [5, 5.41) is 9.84. The van der Waals surface area contributed by atoms with Gasteiger partial charge in [0.05, 0.1) is 12.6 Å². The topological polar surface area (TPSA) is 41.9 Å². The predicted octanol–water partition coefficient (Wildman–Crippen LogP) is 7.77. The van der Waals surface area contributed by atoms with Crippen LogP contribution in [0.25, 0.3) is 0 Å². The molecule has 0 spiro atoms. The Labute approximate surface area is 215 Å². The van der Waals surface area contributed by atoms with E-state index in [-0.39, 0.29) is 11.3 Å². The smallest absolute Gasteiger partial charge is 0.457 e. The van der Waals surface area contributed by atoms with Gasteiger partial charge in [-0.2, -0.15) is 30.7 Å². The molecule has 4 nitrogen and oxygen atoms in total. The number of hydrogen-bond acceptors (Lipinski definition) is 4. The Kier molecular flexibility index (Phi) is 9.14. The van der Waals surface area contributed by atoms with Crippen LogP contribution in [0.3, 0.4) is 0 Å². The van der Waals surface area contributed by atoms with Gasteiger partial charge in [-0.05, 0) is 60.9 Å². The first kappa shape index (κ1) is 29.1. The zero-order valence-electron chi connectivity index (χ0n) is 20.4. The molecular weight excluding hydrogens is 519 g/mol. The largest absolute Gasteiger partial charge is 0.461 e. The van der Waals surface area contributed by atoms with E-state index in [1.54, 1.807) is 24.3 Å². The average molecular weight is 545 g/mol. The fraction of sp³-hybridized carbons (Fsp3) is 0.333. The summed E-state index contributed by atoms with van der Waals surface area (Å²) in [5.74, 6) is 0.230. The molecule has 3 aromatic carbocycles. The van der Waals surface area contributed by atoms with Crippen LogP contribution in [0.1, 0.15) is 31.0 Å². The van der Waals surface area contributed by atoms with E-state index in [4.69, 9.17) is 4.74 Å². The molecule has 0 bridgehead atoms. The van der Waals surface area contributed by atoms with Crippen molar-refractivity contribution in [2.75, 3.05) is 11.4 Å². The van der Waals surface area contributed by atoms with Gasteiger partial charge in [0.25, 0.3) is 0 Å². The number of aliphatic hydroxyl groups excluding tert-OH is 1. The minimum Gasteiger partial charge on any atom is -0.457 e. The molecule has 0 aliphatic carbocycles. The second-order valence-corrected chi connectivity index (χ2v) is 8.52. The third kappa shape index (κ3) is 7.53. The van der Waals surface area contributed by atoms with E-state index in [0.717, 1.165) is 24.1 Å². The maximum atomic E-state index is 13.4. The predicted molar refractivity (Wildman–Crippen MR) is 128 cm³/mol. The zero-order valence-corrected chi connectivity index (χ0v) is 20.4. The normalized spacial score (nSPS) is 13.8. The quantitative estimate of drug-likeness (QED) is 0.250. The molecule has 0 aliphatic heterocycles. The molecule has 3 rings (SSSR count). The summed E-state index contributed by atoms with van der Waals surface area (Å²) in [6.07, 6.45) is -15.7. The highest BCUT2D eigenvalue weighted by molar-refractivity contribution is 5.54. The van der Waals surface area contributed by atoms with Crippen molar-refractivity contribution in [1.82, 2.24) is 0 Å². The first-order valence-corrected chi connectivity index (χ1v) is 11.6. The van der Waals surface area contributed by atoms with E-state index in [2.05, 4.69) is 4.74 Å². The molecule has 0 aliphatic rings. The van der Waals surface area contributed by atoms with Gasteiger partial charge in [0.15, 0.2) is 6.10 Å². The minimum atomic E-state index is -4.93. The third-order valence-electron chi connectivity index (χ3n) is 5.76. The van der Waals surface area contributed by atoms with E-state index < -0.39 is 43.2 Å². The SMILES string of the molecule is CCc1cccc(Oc2cccc(N(CC(O)C(F)(F)F)C(C)c3cccc(OC(F)(F)C(F)F)c3)c2)c1. The van der Waals surface area contributed by atoms with Gasteiger partial charge >= 0.3 is 18.7 Å². The summed E-state index contributed by atoms with van der Waals surface area (Å²) in [5.41, 5.74) is 1.43. The van der Waals surface area contributed by atoms with Gasteiger partial charge in [-0.1, -0.05) is 37.3 Å². The van der Waals surface area contributed by atoms with E-state index in [9.17, 15) is 35.8 Å². The Bertz CT molecular complexity index is 1200. The Hall–Kier alpha value is -3.47. The van der Waals surface area contributed by atoms with Gasteiger partial charge in [0.1, 0.15) is 17.2 Å². The molecule has 0 heterocycles. The summed E-state index contributed by atoms with van der Waals surface area (Å²) in [4.78, 5) is 1.21. The average Bonchev–Trinajstić information content (AvgIpc) is 2.86. The van der Waals surface area contributed by atoms with Crippen LogP contribution in [-0.4, -0.2) is 36.5 Å². The van der Waals surface area contributed by atoms with E-state index in [1.165, 1.54) is 36.1 Å². The van der Waals surface area contributed by atoms with Crippen LogP contribution in [0.5, 0.6) is 17.2 Å². The third-order valence-corrected chi connectivity index (χ3v) is 5.76. The highest BCUT2D eigenvalue weighted by Crippen LogP contribution is 2.35. The van der Waals surface area contributed by atoms with Crippen LogP contribution < -0.4 is 14.4 Å². The number of nitrogens with zero attached hydrogens (tertiary/aromatic N) is 1. The number of aliphatic hydroxyl groups is 1. The van der Waals surface area contributed by atoms with E-state index in [1.807, 2.05) is 19.1 Å². The second kappa shape index (κ2) is 11.9. The summed E-state index contributed by atoms with van der Waals surface area (Å²) < 4.78 is 102. The van der Waals surface area contributed by atoms with Crippen LogP contribution in [0.4, 0.5) is 36.4 Å². The van der Waals surface area contributed by atoms with Crippen LogP contribution in [0.15, 0.2) is 72.8 Å². The van der Waals surface area contributed by atoms with Crippen molar-refractivity contribution in [3.8, 4) is 17.2 Å². The standard InChI is InChI=1S/C27H26F7NO3/c1-3-18-7-4-10-21(13-18)37-22-11-6-9-20(15-22)35(16-24(36)26(30,31)32)17(2)19-8-5-12-23(14-19)38-27(33,34)25(28)29/h4-15,17,24-25,36H,3,16H2,1-2H3. The highest BCUT2D eigenvalue weighted by Gasteiger charge is 2.44. The molecule has 0 saturated carbocycles. The molecule has 38 heavy (non-hydrogen) atoms. The summed E-state index contributed by atoms with van der Waals surface area (Å²) >= 11 is 0. The van der Waals surface area contributed by atoms with Crippen LogP contribution in [-0.2, 0) is 6.42 Å². The number of hydrogen-bond donors (Lipinski definition) is 1. The Balaban J connectivity index is 1.95. The first-order chi connectivity index (χ1) is 17.8. The number of aryl methyl sites for hydroxylation is 1. The molecule has 0 radical (unpaired) electrons. The van der Waals surface area contributed by atoms with Crippen molar-refractivity contribution in [1.29, 1.82) is 0 Å². The lowest BCUT2D eigenvalue weighted by Gasteiger charge is -2.34. The van der Waals surface area contributed by atoms with Crippen LogP contribution in [0, 0.1) is 0 Å². The van der Waals surface area contributed by atoms with E-state index in [0.29, 0.717) is 11.5 Å². The lowest BCUT2D eigenvalue weighted by atomic mass is 10.0. The zero-order chi connectivity index (χ0) is 28.1. The molecule has 11 heteroatoms. The van der Waals surface area contributed by atoms with Crippen molar-refractivity contribution >= 4 is 5.69 Å². The fourth-order valence-electron chi connectivity index (χ4n) is 3.69. The lowest BCUT2D eigenvalue weighted by Crippen LogP contribution is -2.42. The molecule has 0 amide bonds. The van der Waals surface area contributed by atoms with Crippen molar-refractivity contribution in [2.45, 2.75) is 51.1 Å². The van der Waals surface area contributed by atoms with Crippen molar-refractivity contribution in [3.05, 3.63) is 83.9 Å². The number of ether oxygens (including phenoxy) is 2. The Morgan fingerprint density at radius 2 is 1.45 bits per heavy atom. The number of benzene rings is 3. The van der Waals surface area contributed by atoms with Crippen LogP contribution in [0.2, 0.25) is 0 Å². The van der Waals surface area contributed by atoms with Crippen molar-refractivity contribution in [2.24, 2.45) is 0 Å². The summed E-state index contributed by atoms with van der Waals surface area (Å²) in [6.45, 7) is 2.54. The monoisotopic (exact) mass is 545 g/mol. The maximum Gasteiger partial charge on any atom is 0.461 e. The maximum absolute atomic E-state index is 13.4. The van der Waals surface area contributed by atoms with Gasteiger partial charge in [0, 0.05) is 11.8 Å². The highest BCUT2D eigenvalue weighted by atomic mass is 19.4. The van der Waals surface area contributed by atoms with Gasteiger partial charge in [-0.15, -0.1) is 0 Å². The molecule has 1 N–H and O–H groups in total. The van der Waals surface area contributed by atoms with Gasteiger partial charge in [-0.25, -0.2) is 0 Å².